The average Bonchev–Trinajstić information content (AvgIpc) is 3.68. The minimum absolute atomic E-state index is 0.0822. The summed E-state index contributed by atoms with van der Waals surface area (Å²) in [7, 11) is 0. The number of carbonyl (C=O) groups is 2. The van der Waals surface area contributed by atoms with Crippen molar-refractivity contribution in [3.05, 3.63) is 35.8 Å². The standard InChI is InChI=1S/C27H31N5O2/c28-7-4-17-5-8-31(9-6-17)25(34)21-14-32-22(2-1-3-23(32)30-21)24(33)29-16-26-11-18-10-20(18)27(15-26)13-19(27)12-26/h1-3,14,17-20H,4-6,8-13,15-16H2,(H,29,33)/t18?,19?,20-,26?,27?/m0/s1. The molecular formula is C27H31N5O2. The molecule has 4 saturated carbocycles. The first kappa shape index (κ1) is 20.5. The lowest BCUT2D eigenvalue weighted by Gasteiger charge is -2.36. The molecule has 5 fully saturated rings. The molecule has 0 aromatic carbocycles. The molecule has 4 aliphatic carbocycles. The molecule has 5 aliphatic rings. The fraction of sp³-hybridized carbons (Fsp3) is 0.630. The summed E-state index contributed by atoms with van der Waals surface area (Å²) >= 11 is 0. The van der Waals surface area contributed by atoms with Gasteiger partial charge < -0.3 is 10.2 Å². The second-order valence-electron chi connectivity index (χ2n) is 11.9. The number of carbonyl (C=O) groups excluding carboxylic acids is 2. The summed E-state index contributed by atoms with van der Waals surface area (Å²) in [6.45, 7) is 2.07. The van der Waals surface area contributed by atoms with E-state index in [4.69, 9.17) is 5.26 Å². The minimum Gasteiger partial charge on any atom is -0.350 e. The lowest BCUT2D eigenvalue weighted by Crippen LogP contribution is -2.40. The summed E-state index contributed by atoms with van der Waals surface area (Å²) in [4.78, 5) is 32.7. The van der Waals surface area contributed by atoms with Gasteiger partial charge in [-0.05, 0) is 91.6 Å². The zero-order valence-corrected chi connectivity index (χ0v) is 19.5. The van der Waals surface area contributed by atoms with Crippen LogP contribution in [0.4, 0.5) is 0 Å². The van der Waals surface area contributed by atoms with E-state index in [2.05, 4.69) is 16.4 Å². The maximum atomic E-state index is 13.3. The van der Waals surface area contributed by atoms with E-state index in [1.807, 2.05) is 23.1 Å². The highest BCUT2D eigenvalue weighted by Crippen LogP contribution is 2.83. The number of hydrogen-bond acceptors (Lipinski definition) is 4. The van der Waals surface area contributed by atoms with Crippen LogP contribution >= 0.6 is 0 Å². The third kappa shape index (κ3) is 3.03. The highest BCUT2D eigenvalue weighted by Gasteiger charge is 2.76. The number of aromatic nitrogens is 2. The molecule has 34 heavy (non-hydrogen) atoms. The van der Waals surface area contributed by atoms with Gasteiger partial charge in [-0.1, -0.05) is 6.07 Å². The fourth-order valence-corrected chi connectivity index (χ4v) is 8.15. The van der Waals surface area contributed by atoms with Crippen molar-refractivity contribution in [3.8, 4) is 6.07 Å². The molecule has 2 aromatic rings. The summed E-state index contributed by atoms with van der Waals surface area (Å²) in [6.07, 6.45) is 10.7. The maximum absolute atomic E-state index is 13.3. The van der Waals surface area contributed by atoms with Gasteiger partial charge in [0.25, 0.3) is 11.8 Å². The van der Waals surface area contributed by atoms with Crippen LogP contribution in [-0.4, -0.2) is 45.7 Å². The lowest BCUT2D eigenvalue weighted by molar-refractivity contribution is 0.0686. The number of fused-ring (bicyclic) bond motifs is 3. The Morgan fingerprint density at radius 2 is 2.06 bits per heavy atom. The molecule has 5 atom stereocenters. The Morgan fingerprint density at radius 1 is 1.21 bits per heavy atom. The van der Waals surface area contributed by atoms with Crippen molar-refractivity contribution in [3.63, 3.8) is 0 Å². The van der Waals surface area contributed by atoms with E-state index in [1.165, 1.54) is 32.1 Å². The molecule has 176 valence electrons. The van der Waals surface area contributed by atoms with E-state index < -0.39 is 0 Å². The van der Waals surface area contributed by atoms with E-state index in [-0.39, 0.29) is 11.8 Å². The van der Waals surface area contributed by atoms with Gasteiger partial charge in [0.05, 0.1) is 6.07 Å². The predicted octanol–water partition coefficient (Wildman–Crippen LogP) is 3.66. The first-order chi connectivity index (χ1) is 16.5. The average molecular weight is 458 g/mol. The maximum Gasteiger partial charge on any atom is 0.274 e. The molecule has 1 saturated heterocycles. The van der Waals surface area contributed by atoms with Crippen LogP contribution in [0, 0.1) is 45.8 Å². The third-order valence-electron chi connectivity index (χ3n) is 9.87. The number of amides is 2. The number of rotatable bonds is 5. The monoisotopic (exact) mass is 457 g/mol. The normalized spacial score (nSPS) is 35.4. The SMILES string of the molecule is N#CCC1CCN(C(=O)c2cn3c(C(=O)NCC45CC6C[C@@H]6C6(CC6C4)C5)cccc3n2)CC1. The summed E-state index contributed by atoms with van der Waals surface area (Å²) in [5.41, 5.74) is 2.48. The number of piperidine rings is 1. The van der Waals surface area contributed by atoms with Crippen molar-refractivity contribution in [1.29, 1.82) is 5.26 Å². The summed E-state index contributed by atoms with van der Waals surface area (Å²) in [5, 5.41) is 12.2. The van der Waals surface area contributed by atoms with E-state index in [1.54, 1.807) is 10.6 Å². The van der Waals surface area contributed by atoms with Gasteiger partial charge in [-0.3, -0.25) is 14.0 Å². The van der Waals surface area contributed by atoms with Gasteiger partial charge in [0, 0.05) is 32.3 Å². The predicted molar refractivity (Wildman–Crippen MR) is 125 cm³/mol. The van der Waals surface area contributed by atoms with Gasteiger partial charge in [-0.2, -0.15) is 5.26 Å². The van der Waals surface area contributed by atoms with Gasteiger partial charge >= 0.3 is 0 Å². The van der Waals surface area contributed by atoms with Crippen LogP contribution in [0.25, 0.3) is 5.65 Å². The number of nitrogens with one attached hydrogen (secondary N) is 1. The summed E-state index contributed by atoms with van der Waals surface area (Å²) in [5.74, 6) is 3.02. The van der Waals surface area contributed by atoms with Gasteiger partial charge in [0.2, 0.25) is 0 Å². The van der Waals surface area contributed by atoms with Crippen molar-refractivity contribution >= 4 is 17.5 Å². The number of imidazole rings is 1. The number of hydrogen-bond donors (Lipinski definition) is 1. The summed E-state index contributed by atoms with van der Waals surface area (Å²) < 4.78 is 1.76. The Morgan fingerprint density at radius 3 is 2.88 bits per heavy atom. The number of nitrogens with zero attached hydrogens (tertiary/aromatic N) is 4. The van der Waals surface area contributed by atoms with Crippen molar-refractivity contribution in [2.45, 2.75) is 51.4 Å². The van der Waals surface area contributed by atoms with Crippen LogP contribution in [0.15, 0.2) is 24.4 Å². The van der Waals surface area contributed by atoms with Crippen LogP contribution in [0.5, 0.6) is 0 Å². The number of nitriles is 1. The zero-order chi connectivity index (χ0) is 23.1. The molecule has 0 radical (unpaired) electrons. The number of pyridine rings is 1. The first-order valence-electron chi connectivity index (χ1n) is 12.9. The Kier molecular flexibility index (Phi) is 4.26. The Labute approximate surface area is 199 Å². The van der Waals surface area contributed by atoms with Crippen molar-refractivity contribution in [2.24, 2.45) is 34.5 Å². The molecule has 7 heteroatoms. The Hall–Kier alpha value is -2.88. The van der Waals surface area contributed by atoms with Crippen molar-refractivity contribution in [1.82, 2.24) is 19.6 Å². The molecular weight excluding hydrogens is 426 g/mol. The molecule has 4 unspecified atom stereocenters. The van der Waals surface area contributed by atoms with Crippen LogP contribution in [0.3, 0.4) is 0 Å². The van der Waals surface area contributed by atoms with Crippen LogP contribution in [0.2, 0.25) is 0 Å². The third-order valence-corrected chi connectivity index (χ3v) is 9.87. The van der Waals surface area contributed by atoms with Gasteiger partial charge in [0.1, 0.15) is 17.0 Å². The molecule has 7 rings (SSSR count). The number of likely N-dealkylation sites (tertiary alicyclic amines) is 1. The summed E-state index contributed by atoms with van der Waals surface area (Å²) in [6, 6.07) is 7.73. The molecule has 1 spiro atoms. The van der Waals surface area contributed by atoms with E-state index >= 15 is 0 Å². The van der Waals surface area contributed by atoms with Crippen LogP contribution < -0.4 is 5.32 Å². The molecule has 7 nitrogen and oxygen atoms in total. The smallest absolute Gasteiger partial charge is 0.274 e. The molecule has 2 aromatic heterocycles. The molecule has 1 aliphatic heterocycles. The van der Waals surface area contributed by atoms with Crippen LogP contribution in [-0.2, 0) is 0 Å². The Bertz CT molecular complexity index is 1230. The second kappa shape index (κ2) is 7.07. The topological polar surface area (TPSA) is 90.5 Å². The van der Waals surface area contributed by atoms with E-state index in [0.29, 0.717) is 53.3 Å². The van der Waals surface area contributed by atoms with E-state index in [0.717, 1.165) is 37.1 Å². The minimum atomic E-state index is -0.0963. The first-order valence-corrected chi connectivity index (χ1v) is 12.9. The molecule has 1 N–H and O–H groups in total. The second-order valence-corrected chi connectivity index (χ2v) is 11.9. The fourth-order valence-electron chi connectivity index (χ4n) is 8.15. The van der Waals surface area contributed by atoms with Crippen LogP contribution in [0.1, 0.15) is 72.3 Å². The Balaban J connectivity index is 1.06. The van der Waals surface area contributed by atoms with Crippen molar-refractivity contribution < 1.29 is 9.59 Å². The quantitative estimate of drug-likeness (QED) is 0.742. The van der Waals surface area contributed by atoms with E-state index in [9.17, 15) is 9.59 Å². The molecule has 2 bridgehead atoms. The largest absolute Gasteiger partial charge is 0.350 e. The van der Waals surface area contributed by atoms with Gasteiger partial charge in [-0.25, -0.2) is 4.98 Å². The van der Waals surface area contributed by atoms with Gasteiger partial charge in [-0.15, -0.1) is 0 Å². The van der Waals surface area contributed by atoms with Crippen molar-refractivity contribution in [2.75, 3.05) is 19.6 Å². The van der Waals surface area contributed by atoms with Gasteiger partial charge in [0.15, 0.2) is 0 Å². The zero-order valence-electron chi connectivity index (χ0n) is 19.5. The highest BCUT2D eigenvalue weighted by atomic mass is 16.2. The molecule has 3 heterocycles. The highest BCUT2D eigenvalue weighted by molar-refractivity contribution is 5.95. The molecule has 2 amide bonds. The lowest BCUT2D eigenvalue weighted by atomic mass is 9.71.